The highest BCUT2D eigenvalue weighted by atomic mass is 32.1. The van der Waals surface area contributed by atoms with Gasteiger partial charge in [0.05, 0.1) is 24.1 Å². The van der Waals surface area contributed by atoms with Crippen LogP contribution in [-0.2, 0) is 0 Å². The van der Waals surface area contributed by atoms with Gasteiger partial charge in [0, 0.05) is 34.8 Å². The van der Waals surface area contributed by atoms with Gasteiger partial charge in [-0.1, -0.05) is 0 Å². The Kier molecular flexibility index (Phi) is 4.24. The molecule has 6 heteroatoms. The molecule has 3 aromatic rings. The van der Waals surface area contributed by atoms with Crippen molar-refractivity contribution in [1.29, 1.82) is 0 Å². The molecule has 0 aliphatic heterocycles. The van der Waals surface area contributed by atoms with Gasteiger partial charge in [0.1, 0.15) is 17.4 Å². The summed E-state index contributed by atoms with van der Waals surface area (Å²) in [5.74, 6) is -1.47. The molecule has 2 aromatic heterocycles. The molecule has 0 radical (unpaired) electrons. The predicted octanol–water partition coefficient (Wildman–Crippen LogP) is 4.47. The van der Waals surface area contributed by atoms with Crippen LogP contribution in [0.5, 0.6) is 5.75 Å². The van der Waals surface area contributed by atoms with E-state index in [1.807, 2.05) is 16.8 Å². The monoisotopic (exact) mass is 347 g/mol. The summed E-state index contributed by atoms with van der Waals surface area (Å²) in [7, 11) is 1.34. The summed E-state index contributed by atoms with van der Waals surface area (Å²) in [5, 5.41) is 3.72. The lowest BCUT2D eigenvalue weighted by atomic mass is 10.0. The minimum absolute atomic E-state index is 0.0861. The molecular weight excluding hydrogens is 332 g/mol. The third-order valence-corrected chi connectivity index (χ3v) is 4.56. The number of hydrogen-bond donors (Lipinski definition) is 0. The molecule has 0 atom stereocenters. The van der Waals surface area contributed by atoms with Crippen LogP contribution in [0.15, 0.2) is 40.0 Å². The second-order valence-corrected chi connectivity index (χ2v) is 6.21. The van der Waals surface area contributed by atoms with Crippen molar-refractivity contribution in [2.75, 3.05) is 7.11 Å². The maximum absolute atomic E-state index is 14.6. The zero-order valence-electron chi connectivity index (χ0n) is 13.4. The summed E-state index contributed by atoms with van der Waals surface area (Å²) in [4.78, 5) is 12.3. The number of methoxy groups -OCH3 is 1. The van der Waals surface area contributed by atoms with Crippen LogP contribution in [-0.4, -0.2) is 11.7 Å². The van der Waals surface area contributed by atoms with Gasteiger partial charge >= 0.3 is 0 Å². The number of aryl methyl sites for hydroxylation is 1. The fraction of sp³-hybridized carbons (Fsp3) is 0.167. The van der Waals surface area contributed by atoms with Gasteiger partial charge in [-0.3, -0.25) is 4.79 Å². The van der Waals surface area contributed by atoms with Crippen molar-refractivity contribution in [3.8, 4) is 22.7 Å². The number of thiophene rings is 1. The summed E-state index contributed by atoms with van der Waals surface area (Å²) in [6, 6.07) is 4.05. The normalized spacial score (nSPS) is 10.9. The minimum Gasteiger partial charge on any atom is -0.497 e. The van der Waals surface area contributed by atoms with E-state index in [1.54, 1.807) is 24.6 Å². The predicted molar refractivity (Wildman–Crippen MR) is 91.3 cm³/mol. The Labute approximate surface area is 141 Å². The van der Waals surface area contributed by atoms with E-state index in [2.05, 4.69) is 0 Å². The second kappa shape index (κ2) is 6.20. The van der Waals surface area contributed by atoms with E-state index >= 15 is 0 Å². The number of benzene rings is 1. The van der Waals surface area contributed by atoms with Gasteiger partial charge in [-0.15, -0.1) is 0 Å². The van der Waals surface area contributed by atoms with E-state index in [-0.39, 0.29) is 22.4 Å². The second-order valence-electron chi connectivity index (χ2n) is 5.43. The van der Waals surface area contributed by atoms with Crippen LogP contribution in [0.1, 0.15) is 11.1 Å². The minimum atomic E-state index is -0.776. The largest absolute Gasteiger partial charge is 0.497 e. The molecular formula is C18H15F2NO2S. The lowest BCUT2D eigenvalue weighted by Crippen LogP contribution is -2.17. The summed E-state index contributed by atoms with van der Waals surface area (Å²) in [5.41, 5.74) is 1.29. The molecule has 0 fully saturated rings. The Bertz CT molecular complexity index is 939. The molecule has 0 amide bonds. The summed E-state index contributed by atoms with van der Waals surface area (Å²) in [6.45, 7) is 3.26. The maximum atomic E-state index is 14.6. The first-order valence-corrected chi connectivity index (χ1v) is 8.17. The lowest BCUT2D eigenvalue weighted by Gasteiger charge is -2.18. The molecule has 0 N–H and O–H groups in total. The Morgan fingerprint density at radius 2 is 1.83 bits per heavy atom. The van der Waals surface area contributed by atoms with Gasteiger partial charge in [-0.25, -0.2) is 8.78 Å². The highest BCUT2D eigenvalue weighted by Crippen LogP contribution is 2.33. The molecule has 1 aromatic carbocycles. The molecule has 0 aliphatic carbocycles. The van der Waals surface area contributed by atoms with Crippen molar-refractivity contribution in [3.63, 3.8) is 0 Å². The fourth-order valence-electron chi connectivity index (χ4n) is 2.70. The van der Waals surface area contributed by atoms with Crippen LogP contribution >= 0.6 is 11.3 Å². The number of nitrogens with zero attached hydrogens (tertiary/aromatic N) is 1. The maximum Gasteiger partial charge on any atom is 0.188 e. The molecule has 0 saturated heterocycles. The van der Waals surface area contributed by atoms with Crippen molar-refractivity contribution in [2.24, 2.45) is 0 Å². The molecule has 0 bridgehead atoms. The third-order valence-electron chi connectivity index (χ3n) is 3.89. The van der Waals surface area contributed by atoms with Gasteiger partial charge in [0.25, 0.3) is 0 Å². The Balaban J connectivity index is 2.41. The van der Waals surface area contributed by atoms with Gasteiger partial charge in [-0.2, -0.15) is 11.3 Å². The average molecular weight is 347 g/mol. The van der Waals surface area contributed by atoms with E-state index in [4.69, 9.17) is 4.74 Å². The van der Waals surface area contributed by atoms with Gasteiger partial charge < -0.3 is 9.30 Å². The smallest absolute Gasteiger partial charge is 0.188 e. The number of pyridine rings is 1. The van der Waals surface area contributed by atoms with Gasteiger partial charge in [0.15, 0.2) is 5.43 Å². The fourth-order valence-corrected chi connectivity index (χ4v) is 3.33. The first-order chi connectivity index (χ1) is 11.4. The van der Waals surface area contributed by atoms with Gasteiger partial charge in [0.2, 0.25) is 0 Å². The highest BCUT2D eigenvalue weighted by Gasteiger charge is 2.21. The first kappa shape index (κ1) is 16.4. The standard InChI is InChI=1S/C18H15F2NO2S/c1-10-8-21(12-4-5-24-9-12)17(11(2)18(10)22)16-14(19)6-13(23-3)7-15(16)20/h4-9H,1-3H3. The van der Waals surface area contributed by atoms with Crippen molar-refractivity contribution in [1.82, 2.24) is 4.57 Å². The van der Waals surface area contributed by atoms with E-state index < -0.39 is 11.6 Å². The van der Waals surface area contributed by atoms with Crippen LogP contribution < -0.4 is 10.2 Å². The quantitative estimate of drug-likeness (QED) is 0.700. The SMILES string of the molecule is COc1cc(F)c(-c2c(C)c(=O)c(C)cn2-c2ccsc2)c(F)c1. The molecule has 2 heterocycles. The molecule has 3 rings (SSSR count). The third kappa shape index (κ3) is 2.63. The van der Waals surface area contributed by atoms with Gasteiger partial charge in [-0.05, 0) is 25.3 Å². The van der Waals surface area contributed by atoms with E-state index in [1.165, 1.54) is 18.4 Å². The van der Waals surface area contributed by atoms with Crippen molar-refractivity contribution < 1.29 is 13.5 Å². The zero-order valence-corrected chi connectivity index (χ0v) is 14.2. The lowest BCUT2D eigenvalue weighted by molar-refractivity contribution is 0.407. The number of aromatic nitrogens is 1. The summed E-state index contributed by atoms with van der Waals surface area (Å²) in [6.07, 6.45) is 1.61. The summed E-state index contributed by atoms with van der Waals surface area (Å²) >= 11 is 1.46. The molecule has 124 valence electrons. The zero-order chi connectivity index (χ0) is 17.4. The van der Waals surface area contributed by atoms with E-state index in [0.717, 1.165) is 17.8 Å². The average Bonchev–Trinajstić information content (AvgIpc) is 3.07. The number of hydrogen-bond acceptors (Lipinski definition) is 3. The molecule has 0 unspecified atom stereocenters. The molecule has 0 spiro atoms. The number of rotatable bonds is 3. The summed E-state index contributed by atoms with van der Waals surface area (Å²) < 4.78 is 35.7. The first-order valence-electron chi connectivity index (χ1n) is 7.23. The molecule has 0 aliphatic rings. The van der Waals surface area contributed by atoms with E-state index in [9.17, 15) is 13.6 Å². The van der Waals surface area contributed by atoms with Crippen LogP contribution in [0.2, 0.25) is 0 Å². The molecule has 24 heavy (non-hydrogen) atoms. The number of ether oxygens (including phenoxy) is 1. The highest BCUT2D eigenvalue weighted by molar-refractivity contribution is 7.08. The molecule has 0 saturated carbocycles. The topological polar surface area (TPSA) is 31.2 Å². The van der Waals surface area contributed by atoms with Crippen molar-refractivity contribution in [2.45, 2.75) is 13.8 Å². The van der Waals surface area contributed by atoms with Crippen LogP contribution in [0, 0.1) is 25.5 Å². The Morgan fingerprint density at radius 1 is 1.17 bits per heavy atom. The van der Waals surface area contributed by atoms with Crippen molar-refractivity contribution in [3.05, 3.63) is 68.1 Å². The number of halogens is 2. The van der Waals surface area contributed by atoms with E-state index in [0.29, 0.717) is 11.1 Å². The Hall–Kier alpha value is -2.47. The van der Waals surface area contributed by atoms with Crippen LogP contribution in [0.4, 0.5) is 8.78 Å². The Morgan fingerprint density at radius 3 is 2.38 bits per heavy atom. The molecule has 3 nitrogen and oxygen atoms in total. The van der Waals surface area contributed by atoms with Crippen LogP contribution in [0.3, 0.4) is 0 Å². The van der Waals surface area contributed by atoms with Crippen LogP contribution in [0.25, 0.3) is 16.9 Å². The van der Waals surface area contributed by atoms with Crippen molar-refractivity contribution >= 4 is 11.3 Å².